The Bertz CT molecular complexity index is 534. The number of hydrogen-bond acceptors (Lipinski definition) is 5. The summed E-state index contributed by atoms with van der Waals surface area (Å²) in [6.45, 7) is 10.5. The lowest BCUT2D eigenvalue weighted by atomic mass is 9.90. The number of hydrogen-bond donors (Lipinski definition) is 1. The molecule has 1 aliphatic rings. The Hall–Kier alpha value is -1.92. The van der Waals surface area contributed by atoms with Crippen LogP contribution in [0.2, 0.25) is 0 Å². The summed E-state index contributed by atoms with van der Waals surface area (Å²) in [5, 5.41) is 2.84. The molecule has 0 unspecified atom stereocenters. The first-order chi connectivity index (χ1) is 10.9. The molecule has 0 aromatic carbocycles. The molecule has 2 rings (SSSR count). The number of rotatable bonds is 6. The monoisotopic (exact) mass is 320 g/mol. The van der Waals surface area contributed by atoms with E-state index in [2.05, 4.69) is 16.9 Å². The molecule has 1 amide bonds. The maximum atomic E-state index is 12.5. The standard InChI is InChI=1S/C17H24N2O4/c1-5-8-21-14-7-6-13(9-18-14)19-16(20)17(4)10-22-15(12(2)3)23-11-17/h5-7,9,12,15H,1,8,10-11H2,2-4H3,(H,19,20). The van der Waals surface area contributed by atoms with E-state index in [0.29, 0.717) is 31.4 Å². The van der Waals surface area contributed by atoms with Crippen molar-refractivity contribution in [1.29, 1.82) is 0 Å². The van der Waals surface area contributed by atoms with Crippen molar-refractivity contribution in [3.8, 4) is 5.88 Å². The van der Waals surface area contributed by atoms with Crippen LogP contribution in [0.1, 0.15) is 20.8 Å². The SMILES string of the molecule is C=CCOc1ccc(NC(=O)C2(C)COC(C(C)C)OC2)cn1. The minimum Gasteiger partial charge on any atom is -0.473 e. The summed E-state index contributed by atoms with van der Waals surface area (Å²) in [5.74, 6) is 0.592. The summed E-state index contributed by atoms with van der Waals surface area (Å²) in [7, 11) is 0. The van der Waals surface area contributed by atoms with Crippen LogP contribution in [-0.2, 0) is 14.3 Å². The van der Waals surface area contributed by atoms with E-state index in [1.807, 2.05) is 20.8 Å². The average Bonchev–Trinajstić information content (AvgIpc) is 2.54. The lowest BCUT2D eigenvalue weighted by Gasteiger charge is -2.37. The summed E-state index contributed by atoms with van der Waals surface area (Å²) >= 11 is 0. The Labute approximate surface area is 136 Å². The Morgan fingerprint density at radius 3 is 2.74 bits per heavy atom. The van der Waals surface area contributed by atoms with Gasteiger partial charge in [-0.3, -0.25) is 4.79 Å². The van der Waals surface area contributed by atoms with Gasteiger partial charge in [0.2, 0.25) is 11.8 Å². The fraction of sp³-hybridized carbons (Fsp3) is 0.529. The summed E-state index contributed by atoms with van der Waals surface area (Å²) in [4.78, 5) is 16.6. The number of pyridine rings is 1. The first kappa shape index (κ1) is 17.4. The molecule has 23 heavy (non-hydrogen) atoms. The third-order valence-corrected chi connectivity index (χ3v) is 3.57. The molecule has 0 atom stereocenters. The van der Waals surface area contributed by atoms with Crippen molar-refractivity contribution in [2.75, 3.05) is 25.1 Å². The lowest BCUT2D eigenvalue weighted by molar-refractivity contribution is -0.237. The van der Waals surface area contributed by atoms with E-state index in [0.717, 1.165) is 0 Å². The van der Waals surface area contributed by atoms with Gasteiger partial charge in [0.05, 0.1) is 30.5 Å². The predicted molar refractivity (Wildman–Crippen MR) is 87.2 cm³/mol. The van der Waals surface area contributed by atoms with Crippen LogP contribution in [0.5, 0.6) is 5.88 Å². The van der Waals surface area contributed by atoms with E-state index in [9.17, 15) is 4.79 Å². The molecule has 0 saturated carbocycles. The lowest BCUT2D eigenvalue weighted by Crippen LogP contribution is -2.48. The molecule has 126 valence electrons. The molecule has 1 saturated heterocycles. The molecule has 6 nitrogen and oxygen atoms in total. The Balaban J connectivity index is 1.92. The van der Waals surface area contributed by atoms with E-state index in [-0.39, 0.29) is 18.1 Å². The van der Waals surface area contributed by atoms with Gasteiger partial charge >= 0.3 is 0 Å². The number of nitrogens with one attached hydrogen (secondary N) is 1. The van der Waals surface area contributed by atoms with E-state index < -0.39 is 5.41 Å². The first-order valence-corrected chi connectivity index (χ1v) is 7.69. The molecule has 1 N–H and O–H groups in total. The van der Waals surface area contributed by atoms with Gasteiger partial charge in [-0.15, -0.1) is 0 Å². The number of nitrogens with zero attached hydrogens (tertiary/aromatic N) is 1. The van der Waals surface area contributed by atoms with Crippen molar-refractivity contribution in [2.24, 2.45) is 11.3 Å². The number of carbonyl (C=O) groups is 1. The highest BCUT2D eigenvalue weighted by Crippen LogP contribution is 2.28. The number of anilines is 1. The van der Waals surface area contributed by atoms with Crippen LogP contribution in [0.3, 0.4) is 0 Å². The number of amides is 1. The number of aromatic nitrogens is 1. The molecule has 0 bridgehead atoms. The molecular formula is C17H24N2O4. The van der Waals surface area contributed by atoms with Gasteiger partial charge in [-0.2, -0.15) is 0 Å². The van der Waals surface area contributed by atoms with Gasteiger partial charge in [0.1, 0.15) is 6.61 Å². The van der Waals surface area contributed by atoms with Crippen LogP contribution in [0.25, 0.3) is 0 Å². The highest BCUT2D eigenvalue weighted by atomic mass is 16.7. The van der Waals surface area contributed by atoms with Crippen LogP contribution in [0.15, 0.2) is 31.0 Å². The largest absolute Gasteiger partial charge is 0.473 e. The molecule has 1 fully saturated rings. The fourth-order valence-corrected chi connectivity index (χ4v) is 2.10. The van der Waals surface area contributed by atoms with Gasteiger partial charge in [0.15, 0.2) is 6.29 Å². The molecule has 1 aromatic heterocycles. The molecule has 0 aliphatic carbocycles. The van der Waals surface area contributed by atoms with Gasteiger partial charge in [-0.05, 0) is 13.0 Å². The Kier molecular flexibility index (Phi) is 5.74. The summed E-state index contributed by atoms with van der Waals surface area (Å²) in [5.41, 5.74) is -0.114. The molecule has 2 heterocycles. The second-order valence-corrected chi connectivity index (χ2v) is 6.23. The van der Waals surface area contributed by atoms with Crippen molar-refractivity contribution in [3.63, 3.8) is 0 Å². The number of carbonyl (C=O) groups excluding carboxylic acids is 1. The molecular weight excluding hydrogens is 296 g/mol. The Morgan fingerprint density at radius 2 is 2.22 bits per heavy atom. The van der Waals surface area contributed by atoms with E-state index in [4.69, 9.17) is 14.2 Å². The highest BCUT2D eigenvalue weighted by molar-refractivity contribution is 5.95. The van der Waals surface area contributed by atoms with Crippen molar-refractivity contribution in [1.82, 2.24) is 4.98 Å². The maximum absolute atomic E-state index is 12.5. The zero-order valence-corrected chi connectivity index (χ0v) is 13.9. The molecule has 0 spiro atoms. The minimum atomic E-state index is -0.719. The normalized spacial score (nSPS) is 24.3. The van der Waals surface area contributed by atoms with E-state index >= 15 is 0 Å². The van der Waals surface area contributed by atoms with Crippen LogP contribution in [-0.4, -0.2) is 37.0 Å². The number of ether oxygens (including phenoxy) is 3. The topological polar surface area (TPSA) is 69.7 Å². The third-order valence-electron chi connectivity index (χ3n) is 3.57. The second kappa shape index (κ2) is 7.57. The first-order valence-electron chi connectivity index (χ1n) is 7.69. The molecule has 6 heteroatoms. The van der Waals surface area contributed by atoms with Crippen molar-refractivity contribution in [3.05, 3.63) is 31.0 Å². The molecule has 1 aromatic rings. The second-order valence-electron chi connectivity index (χ2n) is 6.23. The third kappa shape index (κ3) is 4.53. The maximum Gasteiger partial charge on any atom is 0.235 e. The van der Waals surface area contributed by atoms with E-state index in [1.54, 1.807) is 24.4 Å². The zero-order chi connectivity index (χ0) is 16.9. The summed E-state index contributed by atoms with van der Waals surface area (Å²) in [6, 6.07) is 3.44. The average molecular weight is 320 g/mol. The van der Waals surface area contributed by atoms with Gasteiger partial charge < -0.3 is 19.5 Å². The van der Waals surface area contributed by atoms with Crippen molar-refractivity contribution in [2.45, 2.75) is 27.1 Å². The minimum absolute atomic E-state index is 0.152. The summed E-state index contributed by atoms with van der Waals surface area (Å²) < 4.78 is 16.6. The van der Waals surface area contributed by atoms with E-state index in [1.165, 1.54) is 0 Å². The van der Waals surface area contributed by atoms with Gasteiger partial charge in [0.25, 0.3) is 0 Å². The van der Waals surface area contributed by atoms with Crippen molar-refractivity contribution < 1.29 is 19.0 Å². The zero-order valence-electron chi connectivity index (χ0n) is 13.9. The van der Waals surface area contributed by atoms with Crippen LogP contribution in [0, 0.1) is 11.3 Å². The van der Waals surface area contributed by atoms with Crippen LogP contribution in [0.4, 0.5) is 5.69 Å². The molecule has 0 radical (unpaired) electrons. The Morgan fingerprint density at radius 1 is 1.52 bits per heavy atom. The van der Waals surface area contributed by atoms with Crippen LogP contribution >= 0.6 is 0 Å². The fourth-order valence-electron chi connectivity index (χ4n) is 2.10. The van der Waals surface area contributed by atoms with Gasteiger partial charge in [-0.1, -0.05) is 26.5 Å². The van der Waals surface area contributed by atoms with Gasteiger partial charge in [0, 0.05) is 12.0 Å². The van der Waals surface area contributed by atoms with Crippen LogP contribution < -0.4 is 10.1 Å². The molecule has 1 aliphatic heterocycles. The quantitative estimate of drug-likeness (QED) is 0.816. The highest BCUT2D eigenvalue weighted by Gasteiger charge is 2.40. The van der Waals surface area contributed by atoms with Gasteiger partial charge in [-0.25, -0.2) is 4.98 Å². The van der Waals surface area contributed by atoms with Crippen molar-refractivity contribution >= 4 is 11.6 Å². The smallest absolute Gasteiger partial charge is 0.235 e. The predicted octanol–water partition coefficient (Wildman–Crippen LogP) is 2.62. The summed E-state index contributed by atoms with van der Waals surface area (Å²) in [6.07, 6.45) is 2.95.